The summed E-state index contributed by atoms with van der Waals surface area (Å²) in [6.07, 6.45) is 2.57. The Balaban J connectivity index is 1.95. The fraction of sp³-hybridized carbons (Fsp3) is 0.211. The van der Waals surface area contributed by atoms with Gasteiger partial charge in [-0.05, 0) is 43.5 Å². The molecule has 0 fully saturated rings. The number of para-hydroxylation sites is 1. The van der Waals surface area contributed by atoms with E-state index < -0.39 is 17.5 Å². The number of anilines is 1. The predicted octanol–water partition coefficient (Wildman–Crippen LogP) is 4.70. The highest BCUT2D eigenvalue weighted by molar-refractivity contribution is 5.71. The second-order valence-electron chi connectivity index (χ2n) is 6.05. The molecule has 2 heterocycles. The van der Waals surface area contributed by atoms with Gasteiger partial charge in [-0.15, -0.1) is 0 Å². The lowest BCUT2D eigenvalue weighted by Crippen LogP contribution is -2.08. The molecule has 0 spiro atoms. The van der Waals surface area contributed by atoms with Gasteiger partial charge in [0.15, 0.2) is 0 Å². The molecule has 0 radical (unpaired) electrons. The van der Waals surface area contributed by atoms with Gasteiger partial charge < -0.3 is 5.32 Å². The van der Waals surface area contributed by atoms with Gasteiger partial charge >= 0.3 is 0 Å². The van der Waals surface area contributed by atoms with Crippen LogP contribution in [-0.4, -0.2) is 16.3 Å². The minimum atomic E-state index is -0.676. The Bertz CT molecular complexity index is 934. The topological polar surface area (TPSA) is 29.9 Å². The normalized spacial score (nSPS) is 13.9. The van der Waals surface area contributed by atoms with Crippen LogP contribution in [0.2, 0.25) is 0 Å². The summed E-state index contributed by atoms with van der Waals surface area (Å²) in [5, 5.41) is 7.75. The number of rotatable bonds is 2. The molecule has 0 amide bonds. The van der Waals surface area contributed by atoms with Gasteiger partial charge in [-0.25, -0.2) is 17.9 Å². The van der Waals surface area contributed by atoms with E-state index in [1.807, 2.05) is 0 Å². The number of aromatic nitrogens is 2. The molecule has 1 aromatic heterocycles. The first-order valence-corrected chi connectivity index (χ1v) is 8.21. The molecule has 1 N–H and O–H groups in total. The molecule has 0 aliphatic carbocycles. The number of hydrogen-bond acceptors (Lipinski definition) is 2. The molecular formula is C19H16F3N3. The van der Waals surface area contributed by atoms with Crippen LogP contribution in [0.4, 0.5) is 19.0 Å². The van der Waals surface area contributed by atoms with Crippen LogP contribution in [0.5, 0.6) is 0 Å². The highest BCUT2D eigenvalue weighted by Gasteiger charge is 2.24. The van der Waals surface area contributed by atoms with Crippen LogP contribution >= 0.6 is 0 Å². The molecule has 1 aliphatic rings. The van der Waals surface area contributed by atoms with Crippen molar-refractivity contribution in [2.75, 3.05) is 11.9 Å². The smallest absolute Gasteiger partial charge is 0.148 e. The lowest BCUT2D eigenvalue weighted by atomic mass is 10.0. The lowest BCUT2D eigenvalue weighted by Gasteiger charge is -2.09. The fourth-order valence-corrected chi connectivity index (χ4v) is 3.20. The largest absolute Gasteiger partial charge is 0.370 e. The van der Waals surface area contributed by atoms with Gasteiger partial charge in [-0.1, -0.05) is 12.1 Å². The van der Waals surface area contributed by atoms with Crippen molar-refractivity contribution in [1.82, 2.24) is 9.78 Å². The third kappa shape index (κ3) is 2.77. The summed E-state index contributed by atoms with van der Waals surface area (Å²) >= 11 is 0. The molecule has 1 aliphatic heterocycles. The second kappa shape index (κ2) is 6.27. The van der Waals surface area contributed by atoms with Crippen molar-refractivity contribution in [2.45, 2.75) is 19.3 Å². The minimum absolute atomic E-state index is 0.219. The molecule has 6 heteroatoms. The molecule has 0 saturated carbocycles. The molecule has 0 unspecified atom stereocenters. The van der Waals surface area contributed by atoms with Gasteiger partial charge in [-0.2, -0.15) is 5.10 Å². The molecule has 0 bridgehead atoms. The molecule has 0 atom stereocenters. The molecular weight excluding hydrogens is 327 g/mol. The number of halogens is 3. The average molecular weight is 343 g/mol. The lowest BCUT2D eigenvalue weighted by molar-refractivity contribution is 0.585. The Kier molecular flexibility index (Phi) is 3.95. The van der Waals surface area contributed by atoms with E-state index in [0.717, 1.165) is 31.0 Å². The van der Waals surface area contributed by atoms with Crippen LogP contribution in [0.3, 0.4) is 0 Å². The van der Waals surface area contributed by atoms with Crippen LogP contribution in [-0.2, 0) is 6.42 Å². The van der Waals surface area contributed by atoms with E-state index in [4.69, 9.17) is 0 Å². The standard InChI is InChI=1S/C19H16F3N3/c20-12-8-9-13(16(22)11-12)18-14-5-3-4-10-23-19(14)25(24-18)17-7-2-1-6-15(17)21/h1-2,6-9,11,23H,3-5,10H2. The number of nitrogens with one attached hydrogen (secondary N) is 1. The molecule has 4 rings (SSSR count). The van der Waals surface area contributed by atoms with Crippen molar-refractivity contribution < 1.29 is 13.2 Å². The van der Waals surface area contributed by atoms with Crippen molar-refractivity contribution in [3.8, 4) is 16.9 Å². The maximum atomic E-state index is 14.3. The van der Waals surface area contributed by atoms with Crippen LogP contribution in [0, 0.1) is 17.5 Å². The Labute approximate surface area is 143 Å². The molecule has 2 aromatic carbocycles. The summed E-state index contributed by atoms with van der Waals surface area (Å²) in [5.41, 5.74) is 1.76. The molecule has 25 heavy (non-hydrogen) atoms. The first kappa shape index (κ1) is 15.7. The molecule has 3 nitrogen and oxygen atoms in total. The van der Waals surface area contributed by atoms with Crippen LogP contribution in [0.15, 0.2) is 42.5 Å². The monoisotopic (exact) mass is 343 g/mol. The summed E-state index contributed by atoms with van der Waals surface area (Å²) in [6.45, 7) is 0.735. The summed E-state index contributed by atoms with van der Waals surface area (Å²) in [7, 11) is 0. The Hall–Kier alpha value is -2.76. The van der Waals surface area contributed by atoms with E-state index in [2.05, 4.69) is 10.4 Å². The number of benzene rings is 2. The summed E-state index contributed by atoms with van der Waals surface area (Å²) < 4.78 is 43.3. The van der Waals surface area contributed by atoms with Crippen molar-refractivity contribution in [3.05, 3.63) is 65.5 Å². The van der Waals surface area contributed by atoms with E-state index in [1.165, 1.54) is 22.9 Å². The van der Waals surface area contributed by atoms with E-state index >= 15 is 0 Å². The van der Waals surface area contributed by atoms with Gasteiger partial charge in [0.2, 0.25) is 0 Å². The number of nitrogens with zero attached hydrogens (tertiary/aromatic N) is 2. The average Bonchev–Trinajstić information content (AvgIpc) is 2.78. The highest BCUT2D eigenvalue weighted by atomic mass is 19.1. The van der Waals surface area contributed by atoms with E-state index in [9.17, 15) is 13.2 Å². The number of fused-ring (bicyclic) bond motifs is 1. The van der Waals surface area contributed by atoms with Gasteiger partial charge in [0.05, 0.1) is 0 Å². The minimum Gasteiger partial charge on any atom is -0.370 e. The second-order valence-corrected chi connectivity index (χ2v) is 6.05. The predicted molar refractivity (Wildman–Crippen MR) is 90.3 cm³/mol. The summed E-state index contributed by atoms with van der Waals surface area (Å²) in [4.78, 5) is 0. The first-order valence-electron chi connectivity index (χ1n) is 8.21. The van der Waals surface area contributed by atoms with Crippen LogP contribution < -0.4 is 5.32 Å². The van der Waals surface area contributed by atoms with Crippen LogP contribution in [0.1, 0.15) is 18.4 Å². The zero-order valence-electron chi connectivity index (χ0n) is 13.4. The Morgan fingerprint density at radius 3 is 2.60 bits per heavy atom. The van der Waals surface area contributed by atoms with Crippen molar-refractivity contribution >= 4 is 5.82 Å². The molecule has 0 saturated heterocycles. The Morgan fingerprint density at radius 2 is 1.80 bits per heavy atom. The van der Waals surface area contributed by atoms with Crippen molar-refractivity contribution in [1.29, 1.82) is 0 Å². The highest BCUT2D eigenvalue weighted by Crippen LogP contribution is 2.35. The van der Waals surface area contributed by atoms with Crippen LogP contribution in [0.25, 0.3) is 16.9 Å². The third-order valence-corrected chi connectivity index (χ3v) is 4.40. The van der Waals surface area contributed by atoms with E-state index in [-0.39, 0.29) is 5.56 Å². The fourth-order valence-electron chi connectivity index (χ4n) is 3.20. The first-order chi connectivity index (χ1) is 12.1. The molecule has 128 valence electrons. The Morgan fingerprint density at radius 1 is 0.960 bits per heavy atom. The van der Waals surface area contributed by atoms with E-state index in [0.29, 0.717) is 23.6 Å². The summed E-state index contributed by atoms with van der Waals surface area (Å²) in [6, 6.07) is 9.74. The van der Waals surface area contributed by atoms with Gasteiger partial charge in [0, 0.05) is 23.7 Å². The quantitative estimate of drug-likeness (QED) is 0.731. The van der Waals surface area contributed by atoms with Gasteiger partial charge in [0.25, 0.3) is 0 Å². The zero-order chi connectivity index (χ0) is 17.4. The molecule has 3 aromatic rings. The third-order valence-electron chi connectivity index (χ3n) is 4.40. The number of hydrogen-bond donors (Lipinski definition) is 1. The maximum absolute atomic E-state index is 14.3. The van der Waals surface area contributed by atoms with Crippen molar-refractivity contribution in [3.63, 3.8) is 0 Å². The van der Waals surface area contributed by atoms with Gasteiger partial charge in [-0.3, -0.25) is 0 Å². The van der Waals surface area contributed by atoms with Crippen molar-refractivity contribution in [2.24, 2.45) is 0 Å². The SMILES string of the molecule is Fc1ccc(-c2nn(-c3ccccc3F)c3c2CCCCN3)c(F)c1. The van der Waals surface area contributed by atoms with Gasteiger partial charge in [0.1, 0.15) is 34.7 Å². The maximum Gasteiger partial charge on any atom is 0.148 e. The van der Waals surface area contributed by atoms with E-state index in [1.54, 1.807) is 18.2 Å². The zero-order valence-corrected chi connectivity index (χ0v) is 13.4. The summed E-state index contributed by atoms with van der Waals surface area (Å²) in [5.74, 6) is -1.06.